The van der Waals surface area contributed by atoms with Crippen LogP contribution in [0.4, 0.5) is 5.69 Å². The second kappa shape index (κ2) is 7.65. The van der Waals surface area contributed by atoms with Crippen molar-refractivity contribution in [1.82, 2.24) is 0 Å². The molecule has 0 radical (unpaired) electrons. The van der Waals surface area contributed by atoms with Crippen molar-refractivity contribution in [3.63, 3.8) is 0 Å². The van der Waals surface area contributed by atoms with E-state index in [1.54, 1.807) is 61.5 Å². The Balaban J connectivity index is 1.50. The number of nitrogens with zero attached hydrogens (tertiary/aromatic N) is 1. The Morgan fingerprint density at radius 1 is 1.09 bits per heavy atom. The molecule has 2 atom stereocenters. The van der Waals surface area contributed by atoms with Crippen LogP contribution in [0.1, 0.15) is 28.4 Å². The molecular weight excluding hydrogens is 430 g/mol. The van der Waals surface area contributed by atoms with Crippen LogP contribution in [0.25, 0.3) is 0 Å². The van der Waals surface area contributed by atoms with Crippen molar-refractivity contribution in [2.24, 2.45) is 5.92 Å². The van der Waals surface area contributed by atoms with Crippen LogP contribution in [0.15, 0.2) is 66.7 Å². The molecule has 3 aromatic carbocycles. The molecule has 162 valence electrons. The minimum atomic E-state index is -1.98. The van der Waals surface area contributed by atoms with E-state index in [0.717, 1.165) is 5.56 Å². The summed E-state index contributed by atoms with van der Waals surface area (Å²) in [7, 11) is 0. The fourth-order valence-electron chi connectivity index (χ4n) is 4.31. The molecule has 1 amide bonds. The van der Waals surface area contributed by atoms with Crippen molar-refractivity contribution in [2.75, 3.05) is 11.7 Å². The number of rotatable bonds is 5. The number of hydrogen-bond donors (Lipinski definition) is 1. The molecule has 0 spiro atoms. The van der Waals surface area contributed by atoms with E-state index < -0.39 is 17.4 Å². The highest BCUT2D eigenvalue weighted by atomic mass is 35.5. The first-order chi connectivity index (χ1) is 15.4. The first kappa shape index (κ1) is 20.5. The summed E-state index contributed by atoms with van der Waals surface area (Å²) in [6.45, 7) is 1.96. The number of carbonyl (C=O) groups excluding carboxylic acids is 2. The van der Waals surface area contributed by atoms with Crippen LogP contribution >= 0.6 is 11.6 Å². The molecular formula is C25H20ClNO5. The number of anilines is 1. The molecule has 7 heteroatoms. The highest BCUT2D eigenvalue weighted by molar-refractivity contribution is 6.30. The average Bonchev–Trinajstić information content (AvgIpc) is 3.36. The number of Topliss-reactive ketones (excluding diaryl/α,β-unsaturated/α-hetero) is 1. The van der Waals surface area contributed by atoms with Gasteiger partial charge in [0.2, 0.25) is 6.79 Å². The molecule has 3 aromatic rings. The van der Waals surface area contributed by atoms with Crippen molar-refractivity contribution >= 4 is 29.0 Å². The predicted octanol–water partition coefficient (Wildman–Crippen LogP) is 4.32. The normalized spacial score (nSPS) is 19.7. The van der Waals surface area contributed by atoms with Gasteiger partial charge in [0.05, 0.1) is 18.2 Å². The maximum absolute atomic E-state index is 13.6. The average molecular weight is 450 g/mol. The lowest BCUT2D eigenvalue weighted by Crippen LogP contribution is -2.47. The summed E-state index contributed by atoms with van der Waals surface area (Å²) in [5, 5.41) is 12.2. The summed E-state index contributed by atoms with van der Waals surface area (Å²) >= 11 is 5.93. The maximum Gasteiger partial charge on any atom is 0.264 e. The molecule has 1 N–H and O–H groups in total. The number of para-hydroxylation sites is 1. The quantitative estimate of drug-likeness (QED) is 0.587. The zero-order valence-corrected chi connectivity index (χ0v) is 18.0. The van der Waals surface area contributed by atoms with Crippen molar-refractivity contribution in [3.8, 4) is 11.5 Å². The molecule has 0 saturated heterocycles. The van der Waals surface area contributed by atoms with Gasteiger partial charge in [-0.2, -0.15) is 0 Å². The Kier molecular flexibility index (Phi) is 4.92. The Labute approximate surface area is 189 Å². The maximum atomic E-state index is 13.6. The van der Waals surface area contributed by atoms with Gasteiger partial charge in [0.15, 0.2) is 22.9 Å². The Hall–Kier alpha value is -3.35. The largest absolute Gasteiger partial charge is 0.454 e. The summed E-state index contributed by atoms with van der Waals surface area (Å²) in [5.41, 5.74) is 0.214. The minimum Gasteiger partial charge on any atom is -0.454 e. The zero-order valence-electron chi connectivity index (χ0n) is 17.2. The second-order valence-corrected chi connectivity index (χ2v) is 8.39. The lowest BCUT2D eigenvalue weighted by molar-refractivity contribution is -0.139. The highest BCUT2D eigenvalue weighted by Crippen LogP contribution is 2.46. The van der Waals surface area contributed by atoms with E-state index in [1.165, 1.54) is 4.90 Å². The second-order valence-electron chi connectivity index (χ2n) is 7.96. The zero-order chi connectivity index (χ0) is 22.5. The van der Waals surface area contributed by atoms with Gasteiger partial charge in [-0.05, 0) is 48.0 Å². The fourth-order valence-corrected chi connectivity index (χ4v) is 4.44. The topological polar surface area (TPSA) is 76.1 Å². The van der Waals surface area contributed by atoms with E-state index in [9.17, 15) is 14.7 Å². The number of hydrogen-bond acceptors (Lipinski definition) is 5. The summed E-state index contributed by atoms with van der Waals surface area (Å²) in [5.74, 6) is -0.605. The molecule has 6 nitrogen and oxygen atoms in total. The van der Waals surface area contributed by atoms with Crippen LogP contribution in [0.3, 0.4) is 0 Å². The van der Waals surface area contributed by atoms with Gasteiger partial charge in [-0.3, -0.25) is 9.59 Å². The van der Waals surface area contributed by atoms with Crippen LogP contribution in [0.2, 0.25) is 5.02 Å². The van der Waals surface area contributed by atoms with Gasteiger partial charge >= 0.3 is 0 Å². The minimum absolute atomic E-state index is 0.161. The summed E-state index contributed by atoms with van der Waals surface area (Å²) in [4.78, 5) is 28.3. The van der Waals surface area contributed by atoms with E-state index in [2.05, 4.69) is 0 Å². The fraction of sp³-hybridized carbons (Fsp3) is 0.200. The Morgan fingerprint density at radius 3 is 2.59 bits per heavy atom. The van der Waals surface area contributed by atoms with Gasteiger partial charge in [0.1, 0.15) is 0 Å². The number of carbonyl (C=O) groups is 2. The van der Waals surface area contributed by atoms with Crippen LogP contribution in [0, 0.1) is 5.92 Å². The van der Waals surface area contributed by atoms with E-state index in [1.807, 2.05) is 12.1 Å². The van der Waals surface area contributed by atoms with Gasteiger partial charge < -0.3 is 19.5 Å². The molecule has 2 aliphatic heterocycles. The molecule has 2 aliphatic rings. The molecule has 32 heavy (non-hydrogen) atoms. The Bertz CT molecular complexity index is 1230. The van der Waals surface area contributed by atoms with Crippen LogP contribution in [-0.4, -0.2) is 23.6 Å². The third-order valence-corrected chi connectivity index (χ3v) is 6.36. The van der Waals surface area contributed by atoms with Gasteiger partial charge in [0, 0.05) is 16.1 Å². The smallest absolute Gasteiger partial charge is 0.264 e. The van der Waals surface area contributed by atoms with Gasteiger partial charge in [-0.15, -0.1) is 0 Å². The number of fused-ring (bicyclic) bond motifs is 2. The van der Waals surface area contributed by atoms with Crippen LogP contribution in [0.5, 0.6) is 11.5 Å². The molecule has 0 saturated carbocycles. The lowest BCUT2D eigenvalue weighted by Gasteiger charge is -2.28. The molecule has 0 aliphatic carbocycles. The van der Waals surface area contributed by atoms with Crippen molar-refractivity contribution < 1.29 is 24.2 Å². The molecule has 0 fully saturated rings. The molecule has 0 bridgehead atoms. The van der Waals surface area contributed by atoms with E-state index >= 15 is 0 Å². The van der Waals surface area contributed by atoms with E-state index in [0.29, 0.717) is 33.3 Å². The van der Waals surface area contributed by atoms with E-state index in [-0.39, 0.29) is 19.1 Å². The van der Waals surface area contributed by atoms with Gasteiger partial charge in [-0.1, -0.05) is 42.8 Å². The predicted molar refractivity (Wildman–Crippen MR) is 119 cm³/mol. The third kappa shape index (κ3) is 3.15. The van der Waals surface area contributed by atoms with E-state index in [4.69, 9.17) is 21.1 Å². The lowest BCUT2D eigenvalue weighted by atomic mass is 9.79. The monoisotopic (exact) mass is 449 g/mol. The number of ketones is 1. The summed E-state index contributed by atoms with van der Waals surface area (Å²) < 4.78 is 10.8. The molecule has 5 rings (SSSR count). The Morgan fingerprint density at radius 2 is 1.81 bits per heavy atom. The van der Waals surface area contributed by atoms with Crippen LogP contribution < -0.4 is 14.4 Å². The first-order valence-electron chi connectivity index (χ1n) is 10.2. The third-order valence-electron chi connectivity index (χ3n) is 6.10. The highest BCUT2D eigenvalue weighted by Gasteiger charge is 2.55. The number of benzene rings is 3. The first-order valence-corrected chi connectivity index (χ1v) is 10.6. The molecule has 0 aromatic heterocycles. The SMILES string of the molecule is C[C@H](C(=O)c1ccc(Cl)cc1)[C@@]1(O)C(=O)N(Cc2ccc3c(c2)OCO3)c2ccccc21. The van der Waals surface area contributed by atoms with Gasteiger partial charge in [0.25, 0.3) is 5.91 Å². The molecule has 0 unspecified atom stereocenters. The number of halogens is 1. The summed E-state index contributed by atoms with van der Waals surface area (Å²) in [6, 6.07) is 18.9. The van der Waals surface area contributed by atoms with Crippen LogP contribution in [-0.2, 0) is 16.9 Å². The van der Waals surface area contributed by atoms with Gasteiger partial charge in [-0.25, -0.2) is 0 Å². The standard InChI is InChI=1S/C25H20ClNO5/c1-15(23(28)17-7-9-18(26)10-8-17)25(30)19-4-2-3-5-20(19)27(24(25)29)13-16-6-11-21-22(12-16)32-14-31-21/h2-12,15,30H,13-14H2,1H3/t15-,25+/m1/s1. The van der Waals surface area contributed by atoms with Crippen molar-refractivity contribution in [2.45, 2.75) is 19.1 Å². The van der Waals surface area contributed by atoms with Crippen molar-refractivity contribution in [1.29, 1.82) is 0 Å². The number of amides is 1. The number of ether oxygens (including phenoxy) is 2. The molecule has 2 heterocycles. The number of aliphatic hydroxyl groups is 1. The van der Waals surface area contributed by atoms with Crippen molar-refractivity contribution in [3.05, 3.63) is 88.4 Å². The summed E-state index contributed by atoms with van der Waals surface area (Å²) in [6.07, 6.45) is 0.